The van der Waals surface area contributed by atoms with Crippen LogP contribution in [0.25, 0.3) is 0 Å². The quantitative estimate of drug-likeness (QED) is 0.302. The maximum atomic E-state index is 2.35. The molecule has 21 heavy (non-hydrogen) atoms. The van der Waals surface area contributed by atoms with Crippen molar-refractivity contribution in [2.75, 3.05) is 0 Å². The van der Waals surface area contributed by atoms with Crippen molar-refractivity contribution in [1.29, 1.82) is 0 Å². The minimum absolute atomic E-state index is 0. The van der Waals surface area contributed by atoms with Crippen LogP contribution in [0.15, 0.2) is 24.3 Å². The summed E-state index contributed by atoms with van der Waals surface area (Å²) in [5.74, 6) is 0. The number of rotatable bonds is 0. The average molecular weight is 384 g/mol. The second-order valence-electron chi connectivity index (χ2n) is 6.34. The molecule has 2 aliphatic rings. The second-order valence-corrected chi connectivity index (χ2v) is 6.34. The SMILES string of the molecule is C1=CCCCCCCCC1.C1=CCCCCCCCC1.[Ag+]. The molecule has 0 bridgehead atoms. The standard InChI is InChI=1S/2C10H18.Ag/c2*1-2-4-6-8-10-9-7-5-3-1;/h2*1-2H,3-10H2;/q;;+1. The maximum absolute atomic E-state index is 2.35. The van der Waals surface area contributed by atoms with Gasteiger partial charge in [0, 0.05) is 0 Å². The van der Waals surface area contributed by atoms with Gasteiger partial charge < -0.3 is 0 Å². The number of hydrogen-bond donors (Lipinski definition) is 0. The van der Waals surface area contributed by atoms with E-state index in [4.69, 9.17) is 0 Å². The molecule has 2 aliphatic carbocycles. The molecule has 2 rings (SSSR count). The monoisotopic (exact) mass is 383 g/mol. The van der Waals surface area contributed by atoms with Crippen LogP contribution in [-0.4, -0.2) is 0 Å². The van der Waals surface area contributed by atoms with Gasteiger partial charge in [-0.25, -0.2) is 0 Å². The van der Waals surface area contributed by atoms with Crippen LogP contribution in [0.5, 0.6) is 0 Å². The van der Waals surface area contributed by atoms with Crippen LogP contribution in [-0.2, 0) is 22.4 Å². The van der Waals surface area contributed by atoms with Crippen LogP contribution in [0.2, 0.25) is 0 Å². The summed E-state index contributed by atoms with van der Waals surface area (Å²) in [5.41, 5.74) is 0. The zero-order valence-corrected chi connectivity index (χ0v) is 15.4. The summed E-state index contributed by atoms with van der Waals surface area (Å²) in [6, 6.07) is 0. The Morgan fingerprint density at radius 3 is 0.714 bits per heavy atom. The normalized spacial score (nSPS) is 21.3. The van der Waals surface area contributed by atoms with Crippen molar-refractivity contribution in [2.24, 2.45) is 0 Å². The minimum Gasteiger partial charge on any atom is -0.0885 e. The van der Waals surface area contributed by atoms with Gasteiger partial charge in [0.25, 0.3) is 0 Å². The second kappa shape index (κ2) is 18.3. The molecule has 126 valence electrons. The van der Waals surface area contributed by atoms with Gasteiger partial charge in [-0.2, -0.15) is 0 Å². The van der Waals surface area contributed by atoms with E-state index in [1.165, 1.54) is 103 Å². The first-order chi connectivity index (χ1) is 10.0. The van der Waals surface area contributed by atoms with Gasteiger partial charge in [-0.1, -0.05) is 75.7 Å². The molecule has 0 aromatic heterocycles. The number of allylic oxidation sites excluding steroid dienone is 4. The van der Waals surface area contributed by atoms with Crippen LogP contribution >= 0.6 is 0 Å². The third-order valence-corrected chi connectivity index (χ3v) is 4.32. The Bertz CT molecular complexity index is 192. The third kappa shape index (κ3) is 16.4. The fraction of sp³-hybridized carbons (Fsp3) is 0.800. The molecule has 0 nitrogen and oxygen atoms in total. The first-order valence-corrected chi connectivity index (χ1v) is 9.30. The number of hydrogen-bond acceptors (Lipinski definition) is 0. The minimum atomic E-state index is 0. The van der Waals surface area contributed by atoms with E-state index in [9.17, 15) is 0 Å². The molecule has 0 aromatic carbocycles. The summed E-state index contributed by atoms with van der Waals surface area (Å²) in [4.78, 5) is 0. The fourth-order valence-electron chi connectivity index (χ4n) is 2.93. The van der Waals surface area contributed by atoms with Gasteiger partial charge in [-0.15, -0.1) is 0 Å². The fourth-order valence-corrected chi connectivity index (χ4v) is 2.93. The van der Waals surface area contributed by atoms with Gasteiger partial charge >= 0.3 is 22.4 Å². The molecule has 0 saturated heterocycles. The van der Waals surface area contributed by atoms with E-state index in [1.807, 2.05) is 0 Å². The Labute approximate surface area is 149 Å². The van der Waals surface area contributed by atoms with Crippen LogP contribution in [0, 0.1) is 0 Å². The molecule has 0 aliphatic heterocycles. The molecule has 1 heteroatoms. The van der Waals surface area contributed by atoms with Crippen LogP contribution in [0.4, 0.5) is 0 Å². The molecule has 0 spiro atoms. The first kappa shape index (κ1) is 21.2. The van der Waals surface area contributed by atoms with Crippen molar-refractivity contribution >= 4 is 0 Å². The van der Waals surface area contributed by atoms with E-state index in [1.54, 1.807) is 0 Å². The molecule has 0 atom stereocenters. The van der Waals surface area contributed by atoms with Gasteiger partial charge in [0.15, 0.2) is 0 Å². The van der Waals surface area contributed by atoms with Crippen molar-refractivity contribution in [3.63, 3.8) is 0 Å². The molecule has 0 radical (unpaired) electrons. The summed E-state index contributed by atoms with van der Waals surface area (Å²) in [7, 11) is 0. The molecule has 0 N–H and O–H groups in total. The summed E-state index contributed by atoms with van der Waals surface area (Å²) in [6.07, 6.45) is 32.0. The molecule has 0 fully saturated rings. The molecule has 0 unspecified atom stereocenters. The molecule has 0 saturated carbocycles. The van der Waals surface area contributed by atoms with E-state index in [2.05, 4.69) is 24.3 Å². The zero-order chi connectivity index (χ0) is 14.1. The van der Waals surface area contributed by atoms with Gasteiger partial charge in [0.1, 0.15) is 0 Å². The molecular weight excluding hydrogens is 348 g/mol. The van der Waals surface area contributed by atoms with E-state index >= 15 is 0 Å². The Hall–Kier alpha value is 0.220. The van der Waals surface area contributed by atoms with Crippen LogP contribution < -0.4 is 0 Å². The smallest absolute Gasteiger partial charge is 0.0885 e. The van der Waals surface area contributed by atoms with Crippen molar-refractivity contribution < 1.29 is 22.4 Å². The van der Waals surface area contributed by atoms with Crippen LogP contribution in [0.3, 0.4) is 0 Å². The van der Waals surface area contributed by atoms with E-state index in [-0.39, 0.29) is 22.4 Å². The van der Waals surface area contributed by atoms with Crippen molar-refractivity contribution in [1.82, 2.24) is 0 Å². The predicted octanol–water partition coefficient (Wildman–Crippen LogP) is 7.35. The van der Waals surface area contributed by atoms with E-state index < -0.39 is 0 Å². The van der Waals surface area contributed by atoms with Gasteiger partial charge in [-0.3, -0.25) is 0 Å². The van der Waals surface area contributed by atoms with E-state index in [0.29, 0.717) is 0 Å². The molecule has 0 aromatic rings. The topological polar surface area (TPSA) is 0 Å². The summed E-state index contributed by atoms with van der Waals surface area (Å²) >= 11 is 0. The van der Waals surface area contributed by atoms with Crippen LogP contribution in [0.1, 0.15) is 103 Å². The van der Waals surface area contributed by atoms with E-state index in [0.717, 1.165) is 0 Å². The zero-order valence-electron chi connectivity index (χ0n) is 13.9. The summed E-state index contributed by atoms with van der Waals surface area (Å²) in [6.45, 7) is 0. The Morgan fingerprint density at radius 2 is 0.476 bits per heavy atom. The summed E-state index contributed by atoms with van der Waals surface area (Å²) < 4.78 is 0. The maximum Gasteiger partial charge on any atom is 1.00 e. The Kier molecular flexibility index (Phi) is 18.5. The van der Waals surface area contributed by atoms with Gasteiger partial charge in [-0.05, 0) is 51.4 Å². The largest absolute Gasteiger partial charge is 1.00 e. The summed E-state index contributed by atoms with van der Waals surface area (Å²) in [5, 5.41) is 0. The predicted molar refractivity (Wildman–Crippen MR) is 92.2 cm³/mol. The van der Waals surface area contributed by atoms with Gasteiger partial charge in [0.2, 0.25) is 0 Å². The average Bonchev–Trinajstić information content (AvgIpc) is 2.52. The van der Waals surface area contributed by atoms with Crippen molar-refractivity contribution in [3.05, 3.63) is 24.3 Å². The van der Waals surface area contributed by atoms with Gasteiger partial charge in [0.05, 0.1) is 0 Å². The van der Waals surface area contributed by atoms with Crippen molar-refractivity contribution in [2.45, 2.75) is 103 Å². The molecular formula is C20H36Ag+. The molecule has 0 heterocycles. The first-order valence-electron chi connectivity index (χ1n) is 9.30. The third-order valence-electron chi connectivity index (χ3n) is 4.32. The Balaban J connectivity index is 0.000000364. The molecule has 0 amide bonds. The Morgan fingerprint density at radius 1 is 0.286 bits per heavy atom. The van der Waals surface area contributed by atoms with Crippen molar-refractivity contribution in [3.8, 4) is 0 Å².